The van der Waals surface area contributed by atoms with E-state index < -0.39 is 0 Å². The van der Waals surface area contributed by atoms with Crippen molar-refractivity contribution in [3.05, 3.63) is 184 Å². The van der Waals surface area contributed by atoms with Gasteiger partial charge in [0.15, 0.2) is 0 Å². The lowest BCUT2D eigenvalue weighted by atomic mass is 9.89. The first-order valence-electron chi connectivity index (χ1n) is 22.2. The van der Waals surface area contributed by atoms with Crippen molar-refractivity contribution in [1.29, 1.82) is 0 Å². The number of aromatic nitrogens is 1. The SMILES string of the molecule is COc1ccc(C2CCN(C(=O)c3ccc(C)c(NC(=O)c4cccc(C)c4)c3)CC2)cc1.COc1ccc(C2CCN(C(=O)c3ccc(C)c(NC(=O)c4cccnc4)c3)CC2)cc1. The molecule has 0 atom stereocenters. The van der Waals surface area contributed by atoms with Crippen molar-refractivity contribution >= 4 is 35.0 Å². The Hall–Kier alpha value is -7.27. The predicted molar refractivity (Wildman–Crippen MR) is 255 cm³/mol. The van der Waals surface area contributed by atoms with Gasteiger partial charge in [-0.1, -0.05) is 54.1 Å². The summed E-state index contributed by atoms with van der Waals surface area (Å²) in [6.45, 7) is 8.65. The molecule has 11 nitrogen and oxygen atoms in total. The summed E-state index contributed by atoms with van der Waals surface area (Å²) in [5, 5.41) is 5.87. The van der Waals surface area contributed by atoms with E-state index in [-0.39, 0.29) is 23.6 Å². The number of pyridine rings is 1. The average Bonchev–Trinajstić information content (AvgIpc) is 3.35. The molecular weight excluding hydrogens is 815 g/mol. The van der Waals surface area contributed by atoms with Crippen molar-refractivity contribution in [3.8, 4) is 11.5 Å². The van der Waals surface area contributed by atoms with E-state index in [1.807, 2.05) is 97.3 Å². The molecular formula is C54H57N5O6. The van der Waals surface area contributed by atoms with Crippen molar-refractivity contribution in [1.82, 2.24) is 14.8 Å². The number of methoxy groups -OCH3 is 2. The number of likely N-dealkylation sites (tertiary alicyclic amines) is 2. The first kappa shape index (κ1) is 45.7. The number of carbonyl (C=O) groups is 4. The summed E-state index contributed by atoms with van der Waals surface area (Å²) in [5.74, 6) is 2.18. The molecule has 11 heteroatoms. The quantitative estimate of drug-likeness (QED) is 0.140. The molecule has 8 rings (SSSR count). The summed E-state index contributed by atoms with van der Waals surface area (Å²) in [4.78, 5) is 59.3. The van der Waals surface area contributed by atoms with Crippen molar-refractivity contribution in [2.45, 2.75) is 58.3 Å². The first-order chi connectivity index (χ1) is 31.5. The number of rotatable bonds is 10. The molecule has 0 saturated carbocycles. The summed E-state index contributed by atoms with van der Waals surface area (Å²) >= 11 is 0. The molecule has 0 spiro atoms. The van der Waals surface area contributed by atoms with Crippen LogP contribution in [0.3, 0.4) is 0 Å². The lowest BCUT2D eigenvalue weighted by Crippen LogP contribution is -2.38. The van der Waals surface area contributed by atoms with Gasteiger partial charge in [0.25, 0.3) is 23.6 Å². The van der Waals surface area contributed by atoms with Crippen LogP contribution < -0.4 is 20.1 Å². The normalized spacial score (nSPS) is 14.1. The number of piperidine rings is 2. The number of hydrogen-bond donors (Lipinski definition) is 2. The van der Waals surface area contributed by atoms with Gasteiger partial charge in [0.05, 0.1) is 19.8 Å². The summed E-state index contributed by atoms with van der Waals surface area (Å²) in [6.07, 6.45) is 6.86. The largest absolute Gasteiger partial charge is 0.497 e. The van der Waals surface area contributed by atoms with E-state index in [4.69, 9.17) is 9.47 Å². The van der Waals surface area contributed by atoms with Gasteiger partial charge in [-0.3, -0.25) is 24.2 Å². The molecule has 334 valence electrons. The summed E-state index contributed by atoms with van der Waals surface area (Å²) in [7, 11) is 3.34. The Balaban J connectivity index is 0.000000194. The van der Waals surface area contributed by atoms with Gasteiger partial charge in [0, 0.05) is 66.6 Å². The molecule has 1 aromatic heterocycles. The number of amides is 4. The Labute approximate surface area is 381 Å². The van der Waals surface area contributed by atoms with Crippen molar-refractivity contribution < 1.29 is 28.7 Å². The Morgan fingerprint density at radius 2 is 0.969 bits per heavy atom. The van der Waals surface area contributed by atoms with Crippen LogP contribution in [0.15, 0.2) is 134 Å². The van der Waals surface area contributed by atoms with Gasteiger partial charge in [0.2, 0.25) is 0 Å². The molecule has 2 saturated heterocycles. The van der Waals surface area contributed by atoms with Crippen LogP contribution >= 0.6 is 0 Å². The van der Waals surface area contributed by atoms with Gasteiger partial charge >= 0.3 is 0 Å². The van der Waals surface area contributed by atoms with E-state index in [2.05, 4.69) is 39.9 Å². The summed E-state index contributed by atoms with van der Waals surface area (Å²) in [5.41, 5.74) is 8.99. The smallest absolute Gasteiger partial charge is 0.257 e. The molecule has 65 heavy (non-hydrogen) atoms. The molecule has 0 unspecified atom stereocenters. The highest BCUT2D eigenvalue weighted by atomic mass is 16.5. The number of nitrogens with zero attached hydrogens (tertiary/aromatic N) is 3. The third-order valence-corrected chi connectivity index (χ3v) is 12.4. The van der Waals surface area contributed by atoms with Crippen LogP contribution in [0, 0.1) is 20.8 Å². The minimum atomic E-state index is -0.244. The second kappa shape index (κ2) is 21.4. The molecule has 4 amide bonds. The Bertz CT molecular complexity index is 2600. The average molecular weight is 872 g/mol. The zero-order chi connectivity index (χ0) is 45.9. The number of carbonyl (C=O) groups excluding carboxylic acids is 4. The molecule has 0 radical (unpaired) electrons. The zero-order valence-electron chi connectivity index (χ0n) is 37.8. The maximum atomic E-state index is 13.2. The molecule has 5 aromatic carbocycles. The second-order valence-corrected chi connectivity index (χ2v) is 16.8. The number of hydrogen-bond acceptors (Lipinski definition) is 7. The number of nitrogens with one attached hydrogen (secondary N) is 2. The van der Waals surface area contributed by atoms with Crippen LogP contribution in [0.5, 0.6) is 11.5 Å². The maximum Gasteiger partial charge on any atom is 0.257 e. The van der Waals surface area contributed by atoms with E-state index in [1.54, 1.807) is 50.7 Å². The maximum absolute atomic E-state index is 13.2. The third-order valence-electron chi connectivity index (χ3n) is 12.4. The van der Waals surface area contributed by atoms with Crippen molar-refractivity contribution in [3.63, 3.8) is 0 Å². The number of ether oxygens (including phenoxy) is 2. The molecule has 0 bridgehead atoms. The molecule has 2 aliphatic heterocycles. The van der Waals surface area contributed by atoms with Crippen LogP contribution in [-0.4, -0.2) is 78.8 Å². The van der Waals surface area contributed by atoms with E-state index >= 15 is 0 Å². The van der Waals surface area contributed by atoms with Crippen molar-refractivity contribution in [2.24, 2.45) is 0 Å². The highest BCUT2D eigenvalue weighted by molar-refractivity contribution is 6.06. The van der Waals surface area contributed by atoms with E-state index in [1.165, 1.54) is 17.3 Å². The van der Waals surface area contributed by atoms with E-state index in [0.717, 1.165) is 53.9 Å². The molecule has 2 N–H and O–H groups in total. The van der Waals surface area contributed by atoms with Crippen molar-refractivity contribution in [2.75, 3.05) is 51.0 Å². The standard InChI is InChI=1S/C28H30N2O3.C26H27N3O3/c1-19-5-4-6-23(17-19)27(31)29-26-18-24(8-7-20(26)2)28(32)30-15-13-22(14-16-30)21-9-11-25(33-3)12-10-21;1-18-5-6-21(16-24(18)28-25(30)22-4-3-13-27-17-22)26(31)29-14-11-20(12-15-29)19-7-9-23(32-2)10-8-19/h4-12,17-18,22H,13-16H2,1-3H3,(H,29,31);3-10,13,16-17,20H,11-12,14-15H2,1-2H3,(H,28,30). The fraction of sp³-hybridized carbons (Fsp3) is 0.278. The first-order valence-corrected chi connectivity index (χ1v) is 22.2. The van der Waals surface area contributed by atoms with Gasteiger partial charge in [-0.15, -0.1) is 0 Å². The summed E-state index contributed by atoms with van der Waals surface area (Å²) in [6, 6.07) is 38.3. The van der Waals surface area contributed by atoms with Gasteiger partial charge in [-0.2, -0.15) is 0 Å². The molecule has 2 aliphatic rings. The second-order valence-electron chi connectivity index (χ2n) is 16.8. The van der Waals surface area contributed by atoms with E-state index in [9.17, 15) is 19.2 Å². The van der Waals surface area contributed by atoms with Crippen LogP contribution in [0.2, 0.25) is 0 Å². The molecule has 3 heterocycles. The molecule has 0 aliphatic carbocycles. The highest BCUT2D eigenvalue weighted by Gasteiger charge is 2.27. The molecule has 2 fully saturated rings. The Morgan fingerprint density at radius 3 is 1.38 bits per heavy atom. The highest BCUT2D eigenvalue weighted by Crippen LogP contribution is 2.32. The Morgan fingerprint density at radius 1 is 0.523 bits per heavy atom. The van der Waals surface area contributed by atoms with Crippen LogP contribution in [0.1, 0.15) is 107 Å². The van der Waals surface area contributed by atoms with Gasteiger partial charge in [0.1, 0.15) is 11.5 Å². The van der Waals surface area contributed by atoms with Gasteiger partial charge in [-0.25, -0.2) is 0 Å². The number of aryl methyl sites for hydroxylation is 3. The number of anilines is 2. The lowest BCUT2D eigenvalue weighted by molar-refractivity contribution is 0.0705. The number of benzene rings is 5. The monoisotopic (exact) mass is 871 g/mol. The van der Waals surface area contributed by atoms with Crippen LogP contribution in [0.25, 0.3) is 0 Å². The predicted octanol–water partition coefficient (Wildman–Crippen LogP) is 10.3. The van der Waals surface area contributed by atoms with Gasteiger partial charge < -0.3 is 29.9 Å². The third kappa shape index (κ3) is 11.7. The van der Waals surface area contributed by atoms with E-state index in [0.29, 0.717) is 71.6 Å². The van der Waals surface area contributed by atoms with Gasteiger partial charge in [-0.05, 0) is 153 Å². The minimum absolute atomic E-state index is 0.00458. The lowest BCUT2D eigenvalue weighted by Gasteiger charge is -2.32. The fourth-order valence-electron chi connectivity index (χ4n) is 8.40. The fourth-order valence-corrected chi connectivity index (χ4v) is 8.40. The summed E-state index contributed by atoms with van der Waals surface area (Å²) < 4.78 is 10.5. The topological polar surface area (TPSA) is 130 Å². The Kier molecular flexibility index (Phi) is 15.1. The van der Waals surface area contributed by atoms with Crippen LogP contribution in [-0.2, 0) is 0 Å². The van der Waals surface area contributed by atoms with Crippen LogP contribution in [0.4, 0.5) is 11.4 Å². The minimum Gasteiger partial charge on any atom is -0.497 e. The zero-order valence-corrected chi connectivity index (χ0v) is 37.8. The molecule has 6 aromatic rings.